The number of hydrogen-bond donors (Lipinski definition) is 1. The van der Waals surface area contributed by atoms with Crippen LogP contribution in [0.1, 0.15) is 71.6 Å². The van der Waals surface area contributed by atoms with Gasteiger partial charge in [0.15, 0.2) is 0 Å². The highest BCUT2D eigenvalue weighted by Gasteiger charge is 2.38. The molecular weight excluding hydrogens is 426 g/mol. The first-order valence-electron chi connectivity index (χ1n) is 12.1. The number of rotatable bonds is 11. The lowest BCUT2D eigenvalue weighted by atomic mass is 10.1. The molecule has 1 atom stereocenters. The molecule has 2 aliphatic rings. The fraction of sp³-hybridized carbons (Fsp3) is 0.667. The molecule has 8 heteroatoms. The predicted octanol–water partition coefficient (Wildman–Crippen LogP) is 4.01. The molecule has 7 nitrogen and oxygen atoms in total. The highest BCUT2D eigenvalue weighted by Crippen LogP contribution is 2.30. The van der Waals surface area contributed by atoms with E-state index in [1.54, 1.807) is 28.6 Å². The maximum absolute atomic E-state index is 13.1. The van der Waals surface area contributed by atoms with Gasteiger partial charge in [0.05, 0.1) is 10.8 Å². The summed E-state index contributed by atoms with van der Waals surface area (Å²) in [4.78, 5) is 27.2. The van der Waals surface area contributed by atoms with Gasteiger partial charge < -0.3 is 10.2 Å². The third-order valence-electron chi connectivity index (χ3n) is 6.58. The Morgan fingerprint density at radius 3 is 2.22 bits per heavy atom. The van der Waals surface area contributed by atoms with Gasteiger partial charge in [0, 0.05) is 37.8 Å². The molecule has 178 valence electrons. The van der Waals surface area contributed by atoms with E-state index in [1.165, 1.54) is 0 Å². The molecule has 1 aromatic carbocycles. The van der Waals surface area contributed by atoms with Crippen molar-refractivity contribution in [1.29, 1.82) is 0 Å². The molecule has 2 fully saturated rings. The molecule has 3 rings (SSSR count). The topological polar surface area (TPSA) is 86.8 Å². The number of sulfonamides is 1. The second-order valence-electron chi connectivity index (χ2n) is 9.01. The summed E-state index contributed by atoms with van der Waals surface area (Å²) in [6.07, 6.45) is 8.13. The molecule has 1 saturated carbocycles. The number of carbonyl (C=O) groups is 2. The summed E-state index contributed by atoms with van der Waals surface area (Å²) in [5.41, 5.74) is 0.550. The van der Waals surface area contributed by atoms with Crippen molar-refractivity contribution in [2.24, 2.45) is 5.92 Å². The van der Waals surface area contributed by atoms with Crippen LogP contribution in [-0.4, -0.2) is 55.1 Å². The van der Waals surface area contributed by atoms with Crippen molar-refractivity contribution in [2.45, 2.75) is 82.6 Å². The average Bonchev–Trinajstić information content (AvgIpc) is 3.43. The van der Waals surface area contributed by atoms with E-state index in [9.17, 15) is 18.0 Å². The Labute approximate surface area is 192 Å². The number of unbranched alkanes of at least 4 members (excludes halogenated alkanes) is 2. The smallest absolute Gasteiger partial charge is 0.243 e. The summed E-state index contributed by atoms with van der Waals surface area (Å²) >= 11 is 0. The summed E-state index contributed by atoms with van der Waals surface area (Å²) in [5.74, 6) is -0.468. The zero-order valence-electron chi connectivity index (χ0n) is 19.4. The zero-order chi connectivity index (χ0) is 23.1. The van der Waals surface area contributed by atoms with Crippen molar-refractivity contribution in [2.75, 3.05) is 25.0 Å². The van der Waals surface area contributed by atoms with Gasteiger partial charge >= 0.3 is 0 Å². The summed E-state index contributed by atoms with van der Waals surface area (Å²) < 4.78 is 27.7. The minimum Gasteiger partial charge on any atom is -0.339 e. The number of nitrogens with zero attached hydrogens (tertiary/aromatic N) is 2. The molecule has 0 spiro atoms. The Balaban J connectivity index is 1.62. The normalized spacial score (nSPS) is 19.8. The number of carbonyl (C=O) groups excluding carboxylic acids is 2. The van der Waals surface area contributed by atoms with Gasteiger partial charge in [-0.15, -0.1) is 0 Å². The quantitative estimate of drug-likeness (QED) is 0.537. The number of benzene rings is 1. The summed E-state index contributed by atoms with van der Waals surface area (Å²) in [7, 11) is -3.56. The first kappa shape index (κ1) is 24.7. The van der Waals surface area contributed by atoms with E-state index in [2.05, 4.69) is 5.32 Å². The average molecular weight is 464 g/mol. The van der Waals surface area contributed by atoms with Gasteiger partial charge in [-0.1, -0.05) is 39.5 Å². The van der Waals surface area contributed by atoms with E-state index in [-0.39, 0.29) is 35.1 Å². The van der Waals surface area contributed by atoms with E-state index in [0.29, 0.717) is 25.3 Å². The Morgan fingerprint density at radius 2 is 1.66 bits per heavy atom. The maximum Gasteiger partial charge on any atom is 0.243 e. The fourth-order valence-electron chi connectivity index (χ4n) is 4.60. The van der Waals surface area contributed by atoms with Crippen molar-refractivity contribution in [1.82, 2.24) is 9.21 Å². The largest absolute Gasteiger partial charge is 0.339 e. The van der Waals surface area contributed by atoms with Crippen LogP contribution in [0, 0.1) is 5.92 Å². The van der Waals surface area contributed by atoms with Crippen LogP contribution >= 0.6 is 0 Å². The SMILES string of the molecule is CCCCN(CCCC)S(=O)(=O)c1ccc(NC(=O)C2CC(=O)N(C3CCCC3)C2)cc1. The summed E-state index contributed by atoms with van der Waals surface area (Å²) in [6, 6.07) is 6.66. The van der Waals surface area contributed by atoms with Gasteiger partial charge in [-0.25, -0.2) is 8.42 Å². The van der Waals surface area contributed by atoms with Crippen LogP contribution in [0.5, 0.6) is 0 Å². The van der Waals surface area contributed by atoms with Crippen LogP contribution in [0.4, 0.5) is 5.69 Å². The van der Waals surface area contributed by atoms with Gasteiger partial charge in [0.1, 0.15) is 0 Å². The van der Waals surface area contributed by atoms with Gasteiger partial charge in [-0.2, -0.15) is 4.31 Å². The number of amides is 2. The van der Waals surface area contributed by atoms with Crippen LogP contribution < -0.4 is 5.32 Å². The number of likely N-dealkylation sites (tertiary alicyclic amines) is 1. The first-order valence-corrected chi connectivity index (χ1v) is 13.5. The third kappa shape index (κ3) is 5.90. The summed E-state index contributed by atoms with van der Waals surface area (Å²) in [5, 5.41) is 2.87. The Kier molecular flexibility index (Phi) is 8.71. The van der Waals surface area contributed by atoms with Gasteiger partial charge in [-0.05, 0) is 49.9 Å². The fourth-order valence-corrected chi connectivity index (χ4v) is 6.12. The molecule has 1 heterocycles. The van der Waals surface area contributed by atoms with Crippen LogP contribution in [-0.2, 0) is 19.6 Å². The Morgan fingerprint density at radius 1 is 1.06 bits per heavy atom. The van der Waals surface area contributed by atoms with Crippen molar-refractivity contribution in [3.8, 4) is 0 Å². The number of nitrogens with one attached hydrogen (secondary N) is 1. The molecule has 0 bridgehead atoms. The molecule has 1 N–H and O–H groups in total. The molecule has 1 unspecified atom stereocenters. The van der Waals surface area contributed by atoms with E-state index >= 15 is 0 Å². The molecule has 0 aromatic heterocycles. The van der Waals surface area contributed by atoms with E-state index in [1.807, 2.05) is 18.7 Å². The van der Waals surface area contributed by atoms with Gasteiger partial charge in [-0.3, -0.25) is 9.59 Å². The molecule has 2 amide bonds. The Bertz CT molecular complexity index is 871. The minimum atomic E-state index is -3.56. The molecule has 1 aromatic rings. The maximum atomic E-state index is 13.1. The highest BCUT2D eigenvalue weighted by atomic mass is 32.2. The van der Waals surface area contributed by atoms with Crippen LogP contribution in [0.15, 0.2) is 29.2 Å². The Hall–Kier alpha value is -1.93. The first-order chi connectivity index (χ1) is 15.4. The number of hydrogen-bond acceptors (Lipinski definition) is 4. The molecule has 1 aliphatic heterocycles. The highest BCUT2D eigenvalue weighted by molar-refractivity contribution is 7.89. The molecule has 32 heavy (non-hydrogen) atoms. The monoisotopic (exact) mass is 463 g/mol. The van der Waals surface area contributed by atoms with Gasteiger partial charge in [0.25, 0.3) is 0 Å². The molecule has 1 saturated heterocycles. The second-order valence-corrected chi connectivity index (χ2v) is 10.9. The van der Waals surface area contributed by atoms with Crippen LogP contribution in [0.2, 0.25) is 0 Å². The lowest BCUT2D eigenvalue weighted by molar-refractivity contribution is -0.129. The predicted molar refractivity (Wildman–Crippen MR) is 126 cm³/mol. The standard InChI is InChI=1S/C24H37N3O4S/c1-3-5-15-26(16-6-4-2)32(30,31)22-13-11-20(12-14-22)25-24(29)19-17-23(28)27(18-19)21-9-7-8-10-21/h11-14,19,21H,3-10,15-18H2,1-2H3,(H,25,29). The lowest BCUT2D eigenvalue weighted by Gasteiger charge is -2.24. The van der Waals surface area contributed by atoms with Crippen LogP contribution in [0.3, 0.4) is 0 Å². The molecule has 1 aliphatic carbocycles. The van der Waals surface area contributed by atoms with Crippen molar-refractivity contribution in [3.63, 3.8) is 0 Å². The van der Waals surface area contributed by atoms with Crippen molar-refractivity contribution >= 4 is 27.5 Å². The molecular formula is C24H37N3O4S. The van der Waals surface area contributed by atoms with Gasteiger partial charge in [0.2, 0.25) is 21.8 Å². The number of anilines is 1. The van der Waals surface area contributed by atoms with E-state index in [4.69, 9.17) is 0 Å². The minimum absolute atomic E-state index is 0.0674. The summed E-state index contributed by atoms with van der Waals surface area (Å²) in [6.45, 7) is 5.61. The van der Waals surface area contributed by atoms with Crippen molar-refractivity contribution < 1.29 is 18.0 Å². The molecule has 0 radical (unpaired) electrons. The van der Waals surface area contributed by atoms with E-state index < -0.39 is 10.0 Å². The van der Waals surface area contributed by atoms with Crippen LogP contribution in [0.25, 0.3) is 0 Å². The van der Waals surface area contributed by atoms with E-state index in [0.717, 1.165) is 51.4 Å². The zero-order valence-corrected chi connectivity index (χ0v) is 20.2. The van der Waals surface area contributed by atoms with Crippen molar-refractivity contribution in [3.05, 3.63) is 24.3 Å². The lowest BCUT2D eigenvalue weighted by Crippen LogP contribution is -2.35. The third-order valence-corrected chi connectivity index (χ3v) is 8.49. The second kappa shape index (κ2) is 11.3.